The second-order valence-corrected chi connectivity index (χ2v) is 6.27. The Morgan fingerprint density at radius 2 is 1.83 bits per heavy atom. The molecule has 1 aromatic heterocycles. The molecule has 0 saturated heterocycles. The van der Waals surface area contributed by atoms with Gasteiger partial charge < -0.3 is 10.2 Å². The van der Waals surface area contributed by atoms with E-state index in [1.54, 1.807) is 24.3 Å². The van der Waals surface area contributed by atoms with Crippen LogP contribution < -0.4 is 5.32 Å². The largest absolute Gasteiger partial charge is 0.351 e. The highest BCUT2D eigenvalue weighted by molar-refractivity contribution is 6.07. The minimum Gasteiger partial charge on any atom is -0.351 e. The van der Waals surface area contributed by atoms with E-state index in [2.05, 4.69) is 10.3 Å². The molecule has 1 saturated carbocycles. The Bertz CT molecular complexity index is 712. The zero-order valence-corrected chi connectivity index (χ0v) is 13.7. The van der Waals surface area contributed by atoms with Crippen molar-refractivity contribution < 1.29 is 9.59 Å². The second kappa shape index (κ2) is 6.83. The molecule has 1 aliphatic carbocycles. The zero-order chi connectivity index (χ0) is 17.0. The van der Waals surface area contributed by atoms with Crippen LogP contribution in [0.1, 0.15) is 24.0 Å². The predicted molar refractivity (Wildman–Crippen MR) is 90.7 cm³/mol. The van der Waals surface area contributed by atoms with E-state index in [-0.39, 0.29) is 11.8 Å². The number of hydrogen-bond donors (Lipinski definition) is 1. The van der Waals surface area contributed by atoms with E-state index in [9.17, 15) is 9.59 Å². The van der Waals surface area contributed by atoms with E-state index >= 15 is 0 Å². The maximum atomic E-state index is 12.7. The summed E-state index contributed by atoms with van der Waals surface area (Å²) in [6, 6.07) is 13.5. The Morgan fingerprint density at radius 1 is 1.12 bits per heavy atom. The Kier molecular flexibility index (Phi) is 4.60. The van der Waals surface area contributed by atoms with Crippen molar-refractivity contribution in [2.75, 3.05) is 7.05 Å². The lowest BCUT2D eigenvalue weighted by molar-refractivity contribution is -0.143. The summed E-state index contributed by atoms with van der Waals surface area (Å²) in [4.78, 5) is 30.9. The Hall–Kier alpha value is -2.69. The molecule has 0 aliphatic heterocycles. The van der Waals surface area contributed by atoms with Gasteiger partial charge in [-0.25, -0.2) is 0 Å². The van der Waals surface area contributed by atoms with Crippen molar-refractivity contribution in [1.82, 2.24) is 15.2 Å². The fourth-order valence-electron chi connectivity index (χ4n) is 2.81. The molecule has 24 heavy (non-hydrogen) atoms. The van der Waals surface area contributed by atoms with Crippen LogP contribution in [0.2, 0.25) is 0 Å². The maximum Gasteiger partial charge on any atom is 0.238 e. The van der Waals surface area contributed by atoms with Crippen molar-refractivity contribution in [2.24, 2.45) is 5.41 Å². The molecule has 0 unspecified atom stereocenters. The molecule has 1 heterocycles. The van der Waals surface area contributed by atoms with E-state index in [0.29, 0.717) is 25.9 Å². The average molecular weight is 323 g/mol. The van der Waals surface area contributed by atoms with Crippen LogP contribution in [0, 0.1) is 5.41 Å². The topological polar surface area (TPSA) is 62.3 Å². The molecule has 2 amide bonds. The number of nitrogens with one attached hydrogen (secondary N) is 1. The third-order valence-corrected chi connectivity index (χ3v) is 4.38. The van der Waals surface area contributed by atoms with Gasteiger partial charge in [-0.05, 0) is 30.0 Å². The summed E-state index contributed by atoms with van der Waals surface area (Å²) < 4.78 is 0. The number of hydrogen-bond acceptors (Lipinski definition) is 3. The first-order valence-corrected chi connectivity index (χ1v) is 8.08. The van der Waals surface area contributed by atoms with Crippen LogP contribution in [0.4, 0.5) is 0 Å². The van der Waals surface area contributed by atoms with Gasteiger partial charge >= 0.3 is 0 Å². The average Bonchev–Trinajstić information content (AvgIpc) is 3.42. The Morgan fingerprint density at radius 3 is 2.46 bits per heavy atom. The van der Waals surface area contributed by atoms with Crippen LogP contribution in [0.15, 0.2) is 54.9 Å². The predicted octanol–water partition coefficient (Wildman–Crippen LogP) is 2.14. The van der Waals surface area contributed by atoms with Crippen LogP contribution in [-0.4, -0.2) is 28.7 Å². The standard InChI is InChI=1S/C19H21N3O2/c1-22(14-15-6-3-2-4-7-15)18(24)19(9-10-19)17(23)21-13-16-8-5-11-20-12-16/h2-8,11-12H,9-10,13-14H2,1H3,(H,21,23). The summed E-state index contributed by atoms with van der Waals surface area (Å²) in [7, 11) is 1.75. The lowest BCUT2D eigenvalue weighted by Gasteiger charge is -2.23. The number of pyridine rings is 1. The maximum absolute atomic E-state index is 12.7. The number of rotatable bonds is 6. The summed E-state index contributed by atoms with van der Waals surface area (Å²) >= 11 is 0. The first kappa shape index (κ1) is 16.2. The van der Waals surface area contributed by atoms with Crippen molar-refractivity contribution in [3.05, 3.63) is 66.0 Å². The summed E-state index contributed by atoms with van der Waals surface area (Å²) in [5.41, 5.74) is 1.10. The molecule has 1 aromatic carbocycles. The van der Waals surface area contributed by atoms with Crippen LogP contribution in [0.3, 0.4) is 0 Å². The van der Waals surface area contributed by atoms with Gasteiger partial charge in [0.15, 0.2) is 0 Å². The lowest BCUT2D eigenvalue weighted by atomic mass is 10.0. The first-order chi connectivity index (χ1) is 11.6. The van der Waals surface area contributed by atoms with Gasteiger partial charge in [-0.15, -0.1) is 0 Å². The monoisotopic (exact) mass is 323 g/mol. The molecule has 0 atom stereocenters. The summed E-state index contributed by atoms with van der Waals surface area (Å²) in [5, 5.41) is 2.87. The van der Waals surface area contributed by atoms with E-state index < -0.39 is 5.41 Å². The highest BCUT2D eigenvalue weighted by Gasteiger charge is 2.57. The quantitative estimate of drug-likeness (QED) is 0.829. The number of carbonyl (C=O) groups excluding carboxylic acids is 2. The van der Waals surface area contributed by atoms with Gasteiger partial charge in [0.1, 0.15) is 5.41 Å². The molecule has 1 fully saturated rings. The van der Waals surface area contributed by atoms with E-state index in [0.717, 1.165) is 11.1 Å². The molecular formula is C19H21N3O2. The van der Waals surface area contributed by atoms with Gasteiger partial charge in [-0.1, -0.05) is 36.4 Å². The number of amides is 2. The Labute approximate surface area is 141 Å². The van der Waals surface area contributed by atoms with Crippen LogP contribution in [0.5, 0.6) is 0 Å². The van der Waals surface area contributed by atoms with Gasteiger partial charge in [0.2, 0.25) is 11.8 Å². The summed E-state index contributed by atoms with van der Waals surface area (Å²) in [5.74, 6) is -0.286. The van der Waals surface area contributed by atoms with Crippen LogP contribution >= 0.6 is 0 Å². The van der Waals surface area contributed by atoms with Gasteiger partial charge in [0.25, 0.3) is 0 Å². The third kappa shape index (κ3) is 3.45. The van der Waals surface area contributed by atoms with Crippen molar-refractivity contribution in [2.45, 2.75) is 25.9 Å². The number of nitrogens with zero attached hydrogens (tertiary/aromatic N) is 2. The normalized spacial score (nSPS) is 14.7. The van der Waals surface area contributed by atoms with E-state index in [4.69, 9.17) is 0 Å². The van der Waals surface area contributed by atoms with E-state index in [1.165, 1.54) is 0 Å². The van der Waals surface area contributed by atoms with Gasteiger partial charge in [0.05, 0.1) is 0 Å². The SMILES string of the molecule is CN(Cc1ccccc1)C(=O)C1(C(=O)NCc2cccnc2)CC1. The molecule has 3 rings (SSSR count). The van der Waals surface area contributed by atoms with Crippen LogP contribution in [0.25, 0.3) is 0 Å². The van der Waals surface area contributed by atoms with E-state index in [1.807, 2.05) is 42.5 Å². The number of benzene rings is 1. The minimum absolute atomic E-state index is 0.102. The van der Waals surface area contributed by atoms with Gasteiger partial charge in [-0.2, -0.15) is 0 Å². The van der Waals surface area contributed by atoms with Crippen LogP contribution in [-0.2, 0) is 22.7 Å². The van der Waals surface area contributed by atoms with Crippen molar-refractivity contribution >= 4 is 11.8 Å². The molecule has 0 bridgehead atoms. The first-order valence-electron chi connectivity index (χ1n) is 8.08. The number of carbonyl (C=O) groups is 2. The summed E-state index contributed by atoms with van der Waals surface area (Å²) in [6.07, 6.45) is 4.63. The van der Waals surface area contributed by atoms with Gasteiger partial charge in [-0.3, -0.25) is 14.6 Å². The Balaban J connectivity index is 1.60. The zero-order valence-electron chi connectivity index (χ0n) is 13.7. The third-order valence-electron chi connectivity index (χ3n) is 4.38. The fraction of sp³-hybridized carbons (Fsp3) is 0.316. The minimum atomic E-state index is -0.883. The van der Waals surface area contributed by atoms with Crippen molar-refractivity contribution in [3.63, 3.8) is 0 Å². The molecule has 0 spiro atoms. The summed E-state index contributed by atoms with van der Waals surface area (Å²) in [6.45, 7) is 0.904. The molecule has 1 N–H and O–H groups in total. The molecular weight excluding hydrogens is 302 g/mol. The van der Waals surface area contributed by atoms with Gasteiger partial charge in [0, 0.05) is 32.5 Å². The highest BCUT2D eigenvalue weighted by Crippen LogP contribution is 2.47. The lowest BCUT2D eigenvalue weighted by Crippen LogP contribution is -2.43. The molecule has 5 nitrogen and oxygen atoms in total. The molecule has 124 valence electrons. The fourth-order valence-corrected chi connectivity index (χ4v) is 2.81. The van der Waals surface area contributed by atoms with Crippen molar-refractivity contribution in [3.8, 4) is 0 Å². The molecule has 5 heteroatoms. The molecule has 1 aliphatic rings. The van der Waals surface area contributed by atoms with Crippen molar-refractivity contribution in [1.29, 1.82) is 0 Å². The molecule has 2 aromatic rings. The highest BCUT2D eigenvalue weighted by atomic mass is 16.2. The smallest absolute Gasteiger partial charge is 0.238 e. The second-order valence-electron chi connectivity index (χ2n) is 6.27. The number of aromatic nitrogens is 1. The molecule has 0 radical (unpaired) electrons.